The van der Waals surface area contributed by atoms with E-state index < -0.39 is 0 Å². The van der Waals surface area contributed by atoms with Gasteiger partial charge in [0.1, 0.15) is 10.3 Å². The maximum Gasteiger partial charge on any atom is 0.265 e. The molecule has 4 heterocycles. The first-order valence-electron chi connectivity index (χ1n) is 10.4. The molecule has 0 unspecified atom stereocenters. The van der Waals surface area contributed by atoms with E-state index in [4.69, 9.17) is 4.74 Å². The van der Waals surface area contributed by atoms with Crippen LogP contribution in [-0.2, 0) is 13.1 Å². The minimum absolute atomic E-state index is 0. The highest BCUT2D eigenvalue weighted by atomic mass is 32.1. The molecular formula is C26H24N4O3S. The topological polar surface area (TPSA) is 86.1 Å². The Bertz CT molecular complexity index is 1510. The summed E-state index contributed by atoms with van der Waals surface area (Å²) in [5, 5.41) is 4.17. The summed E-state index contributed by atoms with van der Waals surface area (Å²) in [4.78, 5) is 35.7. The number of nitrogens with zero attached hydrogens (tertiary/aromatic N) is 3. The molecule has 1 N–H and O–H groups in total. The number of nitrogens with one attached hydrogen (secondary N) is 1. The zero-order chi connectivity index (χ0) is 22.8. The highest BCUT2D eigenvalue weighted by molar-refractivity contribution is 7.22. The Labute approximate surface area is 200 Å². The fourth-order valence-electron chi connectivity index (χ4n) is 3.85. The van der Waals surface area contributed by atoms with Gasteiger partial charge in [-0.15, -0.1) is 11.3 Å². The van der Waals surface area contributed by atoms with Crippen LogP contribution in [0.3, 0.4) is 0 Å². The van der Waals surface area contributed by atoms with Crippen LogP contribution in [0.5, 0.6) is 5.75 Å². The number of aromatic nitrogens is 3. The maximum atomic E-state index is 13.7. The molecule has 1 amide bonds. The van der Waals surface area contributed by atoms with Gasteiger partial charge in [-0.1, -0.05) is 37.8 Å². The largest absolute Gasteiger partial charge is 0.494 e. The van der Waals surface area contributed by atoms with Crippen LogP contribution in [0.15, 0.2) is 77.9 Å². The van der Waals surface area contributed by atoms with E-state index in [0.717, 1.165) is 27.0 Å². The molecule has 0 aliphatic rings. The van der Waals surface area contributed by atoms with Crippen LogP contribution < -0.4 is 15.6 Å². The molecule has 8 heteroatoms. The lowest BCUT2D eigenvalue weighted by Crippen LogP contribution is -2.23. The zero-order valence-electron chi connectivity index (χ0n) is 17.8. The van der Waals surface area contributed by atoms with Crippen molar-refractivity contribution in [3.8, 4) is 5.75 Å². The number of ether oxygens (including phenoxy) is 1. The summed E-state index contributed by atoms with van der Waals surface area (Å²) >= 11 is 1.26. The Morgan fingerprint density at radius 3 is 2.35 bits per heavy atom. The van der Waals surface area contributed by atoms with Gasteiger partial charge >= 0.3 is 0 Å². The Morgan fingerprint density at radius 1 is 1.00 bits per heavy atom. The molecule has 0 fully saturated rings. The van der Waals surface area contributed by atoms with Crippen LogP contribution in [-0.4, -0.2) is 27.6 Å². The third kappa shape index (κ3) is 4.15. The molecule has 0 atom stereocenters. The van der Waals surface area contributed by atoms with Gasteiger partial charge in [0.15, 0.2) is 5.75 Å². The summed E-state index contributed by atoms with van der Waals surface area (Å²) in [6.45, 7) is 0.595. The molecule has 7 nitrogen and oxygen atoms in total. The third-order valence-corrected chi connectivity index (χ3v) is 6.58. The van der Waals surface area contributed by atoms with Crippen molar-refractivity contribution in [2.75, 3.05) is 7.11 Å². The van der Waals surface area contributed by atoms with Gasteiger partial charge in [-0.05, 0) is 30.3 Å². The van der Waals surface area contributed by atoms with Crippen molar-refractivity contribution in [2.24, 2.45) is 0 Å². The summed E-state index contributed by atoms with van der Waals surface area (Å²) in [7, 11) is 1.48. The lowest BCUT2D eigenvalue weighted by molar-refractivity contribution is 0.0952. The van der Waals surface area contributed by atoms with Crippen molar-refractivity contribution in [3.05, 3.63) is 99.7 Å². The first-order valence-corrected chi connectivity index (χ1v) is 11.2. The Kier molecular flexibility index (Phi) is 6.70. The minimum Gasteiger partial charge on any atom is -0.494 e. The summed E-state index contributed by atoms with van der Waals surface area (Å²) in [6.07, 6.45) is 3.38. The van der Waals surface area contributed by atoms with E-state index in [2.05, 4.69) is 15.3 Å². The molecule has 1 aromatic carbocycles. The van der Waals surface area contributed by atoms with E-state index in [1.807, 2.05) is 60.7 Å². The van der Waals surface area contributed by atoms with E-state index in [0.29, 0.717) is 22.6 Å². The van der Waals surface area contributed by atoms with Crippen LogP contribution in [0.1, 0.15) is 28.5 Å². The average Bonchev–Trinajstić information content (AvgIpc) is 3.26. The van der Waals surface area contributed by atoms with Crippen LogP contribution in [0.2, 0.25) is 0 Å². The van der Waals surface area contributed by atoms with Gasteiger partial charge in [-0.25, -0.2) is 0 Å². The second-order valence-electron chi connectivity index (χ2n) is 7.40. The standard InChI is InChI=1S/C25H20N4O3S.CH4/c1-32-21-20-22(33-23(21)24(30)28-14-16-8-4-6-12-26-16)18-10-2-3-11-19(18)29(25(20)31)15-17-9-5-7-13-27-17;/h2-13H,14-15H2,1H3,(H,28,30);1H4. The molecule has 0 saturated carbocycles. The molecule has 172 valence electrons. The van der Waals surface area contributed by atoms with Gasteiger partial charge in [0, 0.05) is 17.8 Å². The lowest BCUT2D eigenvalue weighted by Gasteiger charge is -2.11. The van der Waals surface area contributed by atoms with Crippen molar-refractivity contribution in [2.45, 2.75) is 20.5 Å². The van der Waals surface area contributed by atoms with Crippen molar-refractivity contribution >= 4 is 38.2 Å². The molecule has 0 spiro atoms. The predicted molar refractivity (Wildman–Crippen MR) is 136 cm³/mol. The zero-order valence-corrected chi connectivity index (χ0v) is 18.6. The fourth-order valence-corrected chi connectivity index (χ4v) is 5.07. The molecule has 0 radical (unpaired) electrons. The number of fused-ring (bicyclic) bond motifs is 3. The van der Waals surface area contributed by atoms with Gasteiger partial charge in [-0.2, -0.15) is 0 Å². The fraction of sp³-hybridized carbons (Fsp3) is 0.154. The van der Waals surface area contributed by atoms with Gasteiger partial charge in [0.2, 0.25) is 0 Å². The number of hydrogen-bond acceptors (Lipinski definition) is 6. The number of methoxy groups -OCH3 is 1. The minimum atomic E-state index is -0.307. The number of carbonyl (C=O) groups is 1. The number of para-hydroxylation sites is 1. The summed E-state index contributed by atoms with van der Waals surface area (Å²) < 4.78 is 8.03. The van der Waals surface area contributed by atoms with E-state index in [9.17, 15) is 9.59 Å². The number of hydrogen-bond donors (Lipinski definition) is 1. The smallest absolute Gasteiger partial charge is 0.265 e. The normalized spacial score (nSPS) is 10.7. The molecule has 0 aliphatic heterocycles. The first-order chi connectivity index (χ1) is 16.2. The van der Waals surface area contributed by atoms with Crippen molar-refractivity contribution in [3.63, 3.8) is 0 Å². The van der Waals surface area contributed by atoms with E-state index >= 15 is 0 Å². The van der Waals surface area contributed by atoms with E-state index in [1.54, 1.807) is 17.0 Å². The van der Waals surface area contributed by atoms with Crippen LogP contribution in [0, 0.1) is 0 Å². The molecule has 4 aromatic heterocycles. The number of thiophene rings is 1. The number of amides is 1. The molecular weight excluding hydrogens is 448 g/mol. The second kappa shape index (κ2) is 9.84. The average molecular weight is 473 g/mol. The number of carbonyl (C=O) groups excluding carboxylic acids is 1. The van der Waals surface area contributed by atoms with Crippen molar-refractivity contribution in [1.29, 1.82) is 0 Å². The van der Waals surface area contributed by atoms with Crippen molar-refractivity contribution < 1.29 is 9.53 Å². The van der Waals surface area contributed by atoms with Gasteiger partial charge in [-0.3, -0.25) is 19.6 Å². The molecule has 0 saturated heterocycles. The lowest BCUT2D eigenvalue weighted by atomic mass is 10.1. The van der Waals surface area contributed by atoms with E-state index in [1.165, 1.54) is 18.4 Å². The van der Waals surface area contributed by atoms with Gasteiger partial charge < -0.3 is 14.6 Å². The second-order valence-corrected chi connectivity index (χ2v) is 8.42. The summed E-state index contributed by atoms with van der Waals surface area (Å²) in [5.74, 6) is -0.0162. The molecule has 5 rings (SSSR count). The SMILES string of the molecule is C.COc1c(C(=O)NCc2ccccn2)sc2c1c(=O)n(Cc1ccccn1)c1ccccc21. The van der Waals surface area contributed by atoms with Crippen LogP contribution in [0.25, 0.3) is 21.0 Å². The number of rotatable bonds is 6. The highest BCUT2D eigenvalue weighted by Crippen LogP contribution is 2.39. The molecule has 0 bridgehead atoms. The van der Waals surface area contributed by atoms with Crippen LogP contribution in [0.4, 0.5) is 0 Å². The molecule has 5 aromatic rings. The van der Waals surface area contributed by atoms with Crippen molar-refractivity contribution in [1.82, 2.24) is 19.9 Å². The number of benzene rings is 1. The van der Waals surface area contributed by atoms with E-state index in [-0.39, 0.29) is 25.4 Å². The predicted octanol–water partition coefficient (Wildman–Crippen LogP) is 4.63. The van der Waals surface area contributed by atoms with Gasteiger partial charge in [0.05, 0.1) is 41.8 Å². The Hall–Kier alpha value is -4.04. The highest BCUT2D eigenvalue weighted by Gasteiger charge is 2.25. The van der Waals surface area contributed by atoms with Gasteiger partial charge in [0.25, 0.3) is 11.5 Å². The molecule has 0 aliphatic carbocycles. The third-order valence-electron chi connectivity index (χ3n) is 5.38. The number of pyridine rings is 3. The monoisotopic (exact) mass is 472 g/mol. The Morgan fingerprint density at radius 2 is 1.68 bits per heavy atom. The maximum absolute atomic E-state index is 13.7. The first kappa shape index (κ1) is 23.1. The Balaban J connectivity index is 0.00000274. The van der Waals surface area contributed by atoms with Crippen LogP contribution >= 0.6 is 11.3 Å². The summed E-state index contributed by atoms with van der Waals surface area (Å²) in [6, 6.07) is 18.8. The summed E-state index contributed by atoms with van der Waals surface area (Å²) in [5.41, 5.74) is 2.08. The quantitative estimate of drug-likeness (QED) is 0.389. The molecule has 34 heavy (non-hydrogen) atoms.